The lowest BCUT2D eigenvalue weighted by atomic mass is 10.1. The Morgan fingerprint density at radius 1 is 1.36 bits per heavy atom. The van der Waals surface area contributed by atoms with Crippen molar-refractivity contribution in [3.63, 3.8) is 0 Å². The topological polar surface area (TPSA) is 117 Å². The summed E-state index contributed by atoms with van der Waals surface area (Å²) in [5, 5.41) is 14.3. The van der Waals surface area contributed by atoms with Crippen LogP contribution in [0.3, 0.4) is 0 Å². The fourth-order valence-corrected chi connectivity index (χ4v) is 2.82. The first kappa shape index (κ1) is 19.5. The van der Waals surface area contributed by atoms with Gasteiger partial charge in [0.25, 0.3) is 0 Å². The number of nitrogens with zero attached hydrogens (tertiary/aromatic N) is 3. The van der Waals surface area contributed by atoms with Gasteiger partial charge < -0.3 is 14.5 Å². The Kier molecular flexibility index (Phi) is 6.68. The molecule has 0 fully saturated rings. The Bertz CT molecular complexity index is 938. The molecule has 1 amide bonds. The number of anilines is 1. The fourth-order valence-electron chi connectivity index (χ4n) is 2.19. The van der Waals surface area contributed by atoms with Crippen molar-refractivity contribution in [1.29, 1.82) is 0 Å². The van der Waals surface area contributed by atoms with E-state index in [4.69, 9.17) is 9.15 Å². The number of ether oxygens (including phenoxy) is 1. The fraction of sp³-hybridized carbons (Fsp3) is 0.222. The van der Waals surface area contributed by atoms with E-state index in [1.54, 1.807) is 25.5 Å². The van der Waals surface area contributed by atoms with Crippen molar-refractivity contribution in [1.82, 2.24) is 20.5 Å². The van der Waals surface area contributed by atoms with Crippen molar-refractivity contribution in [2.45, 2.75) is 18.6 Å². The molecule has 2 heterocycles. The Balaban J connectivity index is 1.47. The van der Waals surface area contributed by atoms with Crippen LogP contribution >= 0.6 is 11.8 Å². The second kappa shape index (κ2) is 9.60. The molecule has 0 aliphatic carbocycles. The highest BCUT2D eigenvalue weighted by atomic mass is 32.2. The lowest BCUT2D eigenvalue weighted by molar-refractivity contribution is -0.118. The third-order valence-electron chi connectivity index (χ3n) is 3.65. The molecule has 0 bridgehead atoms. The van der Waals surface area contributed by atoms with Crippen LogP contribution in [0.2, 0.25) is 0 Å². The number of hydrazone groups is 1. The van der Waals surface area contributed by atoms with Crippen LogP contribution in [0.5, 0.6) is 5.75 Å². The number of H-pyrrole nitrogens is 1. The summed E-state index contributed by atoms with van der Waals surface area (Å²) >= 11 is 1.22. The number of amides is 1. The number of aromatic amines is 1. The molecule has 3 aromatic rings. The Hall–Kier alpha value is -3.27. The molecule has 0 radical (unpaired) electrons. The van der Waals surface area contributed by atoms with E-state index in [0.29, 0.717) is 23.4 Å². The quantitative estimate of drug-likeness (QED) is 0.287. The molecule has 2 aromatic heterocycles. The van der Waals surface area contributed by atoms with Gasteiger partial charge in [-0.3, -0.25) is 4.79 Å². The molecular weight excluding hydrogens is 380 g/mol. The smallest absolute Gasteiger partial charge is 0.240 e. The third-order valence-corrected chi connectivity index (χ3v) is 4.50. The molecule has 0 spiro atoms. The van der Waals surface area contributed by atoms with E-state index < -0.39 is 0 Å². The molecule has 0 saturated carbocycles. The molecule has 9 nitrogen and oxygen atoms in total. The van der Waals surface area contributed by atoms with E-state index in [1.807, 2.05) is 31.2 Å². The summed E-state index contributed by atoms with van der Waals surface area (Å²) in [6.07, 6.45) is 1.57. The largest absolute Gasteiger partial charge is 0.497 e. The molecule has 0 aliphatic rings. The lowest BCUT2D eigenvalue weighted by Gasteiger charge is -2.04. The van der Waals surface area contributed by atoms with E-state index in [0.717, 1.165) is 17.0 Å². The van der Waals surface area contributed by atoms with E-state index >= 15 is 0 Å². The van der Waals surface area contributed by atoms with E-state index in [2.05, 4.69) is 31.0 Å². The number of furan rings is 1. The number of hydrogen-bond acceptors (Lipinski definition) is 8. The first-order chi connectivity index (χ1) is 13.6. The van der Waals surface area contributed by atoms with Gasteiger partial charge in [0.15, 0.2) is 0 Å². The molecular formula is C18H20N6O3S. The van der Waals surface area contributed by atoms with Gasteiger partial charge in [-0.2, -0.15) is 10.1 Å². The van der Waals surface area contributed by atoms with E-state index in [1.165, 1.54) is 11.8 Å². The molecule has 10 heteroatoms. The van der Waals surface area contributed by atoms with Crippen molar-refractivity contribution in [3.8, 4) is 5.75 Å². The van der Waals surface area contributed by atoms with Gasteiger partial charge in [0.1, 0.15) is 11.5 Å². The second-order valence-electron chi connectivity index (χ2n) is 5.65. The van der Waals surface area contributed by atoms with Crippen molar-refractivity contribution in [2.24, 2.45) is 5.10 Å². The van der Waals surface area contributed by atoms with Gasteiger partial charge in [-0.1, -0.05) is 23.9 Å². The number of aromatic nitrogens is 3. The molecule has 0 saturated heterocycles. The maximum Gasteiger partial charge on any atom is 0.240 e. The number of carbonyl (C=O) groups is 1. The summed E-state index contributed by atoms with van der Waals surface area (Å²) in [5.74, 6) is 1.92. The van der Waals surface area contributed by atoms with Crippen LogP contribution in [-0.2, 0) is 11.3 Å². The minimum Gasteiger partial charge on any atom is -0.497 e. The van der Waals surface area contributed by atoms with Gasteiger partial charge >= 0.3 is 0 Å². The summed E-state index contributed by atoms with van der Waals surface area (Å²) in [6, 6.07) is 11.2. The Labute approximate surface area is 166 Å². The highest BCUT2D eigenvalue weighted by Gasteiger charge is 2.08. The highest BCUT2D eigenvalue weighted by molar-refractivity contribution is 7.99. The molecule has 146 valence electrons. The van der Waals surface area contributed by atoms with Gasteiger partial charge in [0, 0.05) is 5.56 Å². The summed E-state index contributed by atoms with van der Waals surface area (Å²) in [5.41, 5.74) is 4.51. The van der Waals surface area contributed by atoms with Crippen LogP contribution in [0, 0.1) is 0 Å². The number of nitrogens with one attached hydrogen (secondary N) is 3. The third kappa shape index (κ3) is 5.61. The van der Waals surface area contributed by atoms with Crippen LogP contribution in [0.15, 0.2) is 57.3 Å². The number of methoxy groups -OCH3 is 1. The zero-order valence-corrected chi connectivity index (χ0v) is 16.2. The standard InChI is InChI=1S/C18H20N6O3S/c1-12(13-5-3-6-14(9-13)26-2)21-22-17-20-18(24-23-17)28-11-16(25)19-10-15-7-4-8-27-15/h3-9H,10-11H2,1-2H3,(H,19,25)(H2,20,22,23,24)/b21-12+. The zero-order valence-electron chi connectivity index (χ0n) is 15.4. The molecule has 0 unspecified atom stereocenters. The second-order valence-corrected chi connectivity index (χ2v) is 6.59. The first-order valence-corrected chi connectivity index (χ1v) is 9.41. The van der Waals surface area contributed by atoms with Crippen LogP contribution in [0.4, 0.5) is 5.95 Å². The SMILES string of the molecule is COc1cccc(/C(C)=N/Nc2nc(SCC(=O)NCc3ccco3)n[nH]2)c1. The van der Waals surface area contributed by atoms with Crippen molar-refractivity contribution in [2.75, 3.05) is 18.3 Å². The zero-order chi connectivity index (χ0) is 19.8. The Morgan fingerprint density at radius 3 is 3.04 bits per heavy atom. The van der Waals surface area contributed by atoms with Crippen molar-refractivity contribution in [3.05, 3.63) is 54.0 Å². The molecule has 1 aromatic carbocycles. The van der Waals surface area contributed by atoms with Crippen LogP contribution in [-0.4, -0.2) is 39.7 Å². The van der Waals surface area contributed by atoms with E-state index in [9.17, 15) is 4.79 Å². The molecule has 3 rings (SSSR count). The average molecular weight is 400 g/mol. The molecule has 3 N–H and O–H groups in total. The van der Waals surface area contributed by atoms with Crippen LogP contribution in [0.1, 0.15) is 18.2 Å². The van der Waals surface area contributed by atoms with Crippen LogP contribution < -0.4 is 15.5 Å². The minimum atomic E-state index is -0.132. The van der Waals surface area contributed by atoms with Gasteiger partial charge in [0.2, 0.25) is 17.0 Å². The van der Waals surface area contributed by atoms with Crippen molar-refractivity contribution < 1.29 is 13.9 Å². The van der Waals surface area contributed by atoms with E-state index in [-0.39, 0.29) is 11.7 Å². The summed E-state index contributed by atoms with van der Waals surface area (Å²) in [7, 11) is 1.62. The van der Waals surface area contributed by atoms with Gasteiger partial charge in [-0.15, -0.1) is 5.10 Å². The Morgan fingerprint density at radius 2 is 2.25 bits per heavy atom. The van der Waals surface area contributed by atoms with Crippen LogP contribution in [0.25, 0.3) is 0 Å². The maximum atomic E-state index is 11.9. The number of rotatable bonds is 9. The summed E-state index contributed by atoms with van der Waals surface area (Å²) in [6.45, 7) is 2.22. The minimum absolute atomic E-state index is 0.132. The predicted octanol–water partition coefficient (Wildman–Crippen LogP) is 2.65. The molecule has 0 aliphatic heterocycles. The lowest BCUT2D eigenvalue weighted by Crippen LogP contribution is -2.24. The number of benzene rings is 1. The van der Waals surface area contributed by atoms with Gasteiger partial charge in [-0.25, -0.2) is 10.5 Å². The number of thioether (sulfide) groups is 1. The normalized spacial score (nSPS) is 11.3. The molecule has 28 heavy (non-hydrogen) atoms. The maximum absolute atomic E-state index is 11.9. The average Bonchev–Trinajstić information content (AvgIpc) is 3.41. The number of hydrogen-bond donors (Lipinski definition) is 3. The highest BCUT2D eigenvalue weighted by Crippen LogP contribution is 2.15. The first-order valence-electron chi connectivity index (χ1n) is 8.43. The predicted molar refractivity (Wildman–Crippen MR) is 106 cm³/mol. The summed E-state index contributed by atoms with van der Waals surface area (Å²) in [4.78, 5) is 16.1. The van der Waals surface area contributed by atoms with Crippen molar-refractivity contribution >= 4 is 29.3 Å². The number of carbonyl (C=O) groups excluding carboxylic acids is 1. The summed E-state index contributed by atoms with van der Waals surface area (Å²) < 4.78 is 10.4. The van der Waals surface area contributed by atoms with Gasteiger partial charge in [0.05, 0.1) is 31.4 Å². The molecule has 0 atom stereocenters. The monoisotopic (exact) mass is 400 g/mol. The van der Waals surface area contributed by atoms with Gasteiger partial charge in [-0.05, 0) is 31.2 Å².